The molecule has 0 radical (unpaired) electrons. The normalized spacial score (nSPS) is 11.3. The molecule has 2 aromatic heterocycles. The molecule has 0 aliphatic heterocycles. The second-order valence-electron chi connectivity index (χ2n) is 4.79. The number of aromatic amines is 1. The molecule has 0 unspecified atom stereocenters. The van der Waals surface area contributed by atoms with E-state index in [1.165, 1.54) is 22.8 Å². The Kier molecular flexibility index (Phi) is 2.41. The largest absolute Gasteiger partial charge is 0.323 e. The van der Waals surface area contributed by atoms with Gasteiger partial charge in [0, 0.05) is 6.07 Å². The Balaban J connectivity index is 2.11. The summed E-state index contributed by atoms with van der Waals surface area (Å²) in [5.41, 5.74) is 1.81. The van der Waals surface area contributed by atoms with Gasteiger partial charge in [0.15, 0.2) is 0 Å². The molecule has 4 rings (SSSR count). The fraction of sp³-hybridized carbons (Fsp3) is 0. The van der Waals surface area contributed by atoms with E-state index in [4.69, 9.17) is 0 Å². The number of H-pyrrole nitrogens is 1. The summed E-state index contributed by atoms with van der Waals surface area (Å²) in [6.07, 6.45) is 0. The lowest BCUT2D eigenvalue weighted by Gasteiger charge is -2.06. The number of benzene rings is 2. The van der Waals surface area contributed by atoms with Gasteiger partial charge in [0.2, 0.25) is 5.95 Å². The van der Waals surface area contributed by atoms with Crippen LogP contribution in [0.3, 0.4) is 0 Å². The SMILES string of the molecule is O=c1ccc2ccc(F)cc2n1-c1nc2ccccc2[nH]1. The van der Waals surface area contributed by atoms with Crippen LogP contribution in [0, 0.1) is 5.82 Å². The average Bonchev–Trinajstić information content (AvgIpc) is 2.90. The molecular formula is C16H10FN3O. The molecular weight excluding hydrogens is 269 g/mol. The van der Waals surface area contributed by atoms with Crippen molar-refractivity contribution >= 4 is 21.9 Å². The highest BCUT2D eigenvalue weighted by Crippen LogP contribution is 2.18. The maximum Gasteiger partial charge on any atom is 0.257 e. The summed E-state index contributed by atoms with van der Waals surface area (Å²) in [5, 5.41) is 0.774. The molecule has 5 heteroatoms. The van der Waals surface area contributed by atoms with Crippen molar-refractivity contribution in [2.24, 2.45) is 0 Å². The predicted molar refractivity (Wildman–Crippen MR) is 79.2 cm³/mol. The number of pyridine rings is 1. The minimum absolute atomic E-state index is 0.257. The van der Waals surface area contributed by atoms with Crippen LogP contribution >= 0.6 is 0 Å². The van der Waals surface area contributed by atoms with Crippen molar-refractivity contribution in [1.82, 2.24) is 14.5 Å². The van der Waals surface area contributed by atoms with Crippen molar-refractivity contribution in [3.05, 3.63) is 70.8 Å². The highest BCUT2D eigenvalue weighted by molar-refractivity contribution is 5.81. The lowest BCUT2D eigenvalue weighted by molar-refractivity contribution is 0.629. The molecule has 0 aliphatic rings. The Morgan fingerprint density at radius 1 is 1.05 bits per heavy atom. The topological polar surface area (TPSA) is 50.7 Å². The Labute approximate surface area is 118 Å². The number of para-hydroxylation sites is 2. The van der Waals surface area contributed by atoms with Crippen molar-refractivity contribution in [2.75, 3.05) is 0 Å². The minimum atomic E-state index is -0.391. The first kappa shape index (κ1) is 11.8. The zero-order valence-corrected chi connectivity index (χ0v) is 10.9. The Hall–Kier alpha value is -2.95. The molecule has 21 heavy (non-hydrogen) atoms. The first-order valence-corrected chi connectivity index (χ1v) is 6.49. The highest BCUT2D eigenvalue weighted by Gasteiger charge is 2.10. The smallest absolute Gasteiger partial charge is 0.257 e. The number of fused-ring (bicyclic) bond motifs is 2. The van der Waals surface area contributed by atoms with Gasteiger partial charge in [-0.3, -0.25) is 4.79 Å². The van der Waals surface area contributed by atoms with Gasteiger partial charge >= 0.3 is 0 Å². The summed E-state index contributed by atoms with van der Waals surface area (Å²) in [4.78, 5) is 19.7. The van der Waals surface area contributed by atoms with Crippen LogP contribution in [0.2, 0.25) is 0 Å². The van der Waals surface area contributed by atoms with Gasteiger partial charge in [-0.1, -0.05) is 12.1 Å². The van der Waals surface area contributed by atoms with E-state index in [0.717, 1.165) is 16.4 Å². The number of halogens is 1. The van der Waals surface area contributed by atoms with Crippen molar-refractivity contribution < 1.29 is 4.39 Å². The second-order valence-corrected chi connectivity index (χ2v) is 4.79. The summed E-state index contributed by atoms with van der Waals surface area (Å²) < 4.78 is 14.9. The predicted octanol–water partition coefficient (Wildman–Crippen LogP) is 3.01. The van der Waals surface area contributed by atoms with Crippen molar-refractivity contribution in [3.63, 3.8) is 0 Å². The van der Waals surface area contributed by atoms with Crippen LogP contribution in [-0.2, 0) is 0 Å². The highest BCUT2D eigenvalue weighted by atomic mass is 19.1. The van der Waals surface area contributed by atoms with Crippen molar-refractivity contribution in [2.45, 2.75) is 0 Å². The Bertz CT molecular complexity index is 999. The van der Waals surface area contributed by atoms with Gasteiger partial charge in [-0.15, -0.1) is 0 Å². The first-order chi connectivity index (χ1) is 10.2. The van der Waals surface area contributed by atoms with E-state index in [1.807, 2.05) is 24.3 Å². The molecule has 4 nitrogen and oxygen atoms in total. The van der Waals surface area contributed by atoms with Crippen LogP contribution in [-0.4, -0.2) is 14.5 Å². The molecule has 0 fully saturated rings. The molecule has 1 N–H and O–H groups in total. The van der Waals surface area contributed by atoms with Gasteiger partial charge < -0.3 is 4.98 Å². The fourth-order valence-corrected chi connectivity index (χ4v) is 2.47. The summed E-state index contributed by atoms with van der Waals surface area (Å²) in [7, 11) is 0. The number of rotatable bonds is 1. The van der Waals surface area contributed by atoms with E-state index in [2.05, 4.69) is 9.97 Å². The van der Waals surface area contributed by atoms with Gasteiger partial charge in [-0.2, -0.15) is 0 Å². The van der Waals surface area contributed by atoms with E-state index < -0.39 is 5.82 Å². The molecule has 0 saturated heterocycles. The van der Waals surface area contributed by atoms with E-state index in [9.17, 15) is 9.18 Å². The zero-order valence-electron chi connectivity index (χ0n) is 10.9. The summed E-state index contributed by atoms with van der Waals surface area (Å²) >= 11 is 0. The number of nitrogens with one attached hydrogen (secondary N) is 1. The fourth-order valence-electron chi connectivity index (χ4n) is 2.47. The van der Waals surface area contributed by atoms with Crippen LogP contribution in [0.15, 0.2) is 59.4 Å². The standard InChI is InChI=1S/C16H10FN3O/c17-11-7-5-10-6-8-15(21)20(14(10)9-11)16-18-12-3-1-2-4-13(12)19-16/h1-9H,(H,18,19). The lowest BCUT2D eigenvalue weighted by Crippen LogP contribution is -2.18. The summed E-state index contributed by atoms with van der Waals surface area (Å²) in [5.74, 6) is -0.00430. The molecule has 0 aliphatic carbocycles. The molecule has 0 saturated carbocycles. The second kappa shape index (κ2) is 4.28. The molecule has 0 atom stereocenters. The molecule has 0 amide bonds. The van der Waals surface area contributed by atoms with E-state index in [-0.39, 0.29) is 5.56 Å². The van der Waals surface area contributed by atoms with Gasteiger partial charge in [-0.05, 0) is 41.8 Å². The van der Waals surface area contributed by atoms with Crippen LogP contribution in [0.5, 0.6) is 0 Å². The van der Waals surface area contributed by atoms with E-state index >= 15 is 0 Å². The van der Waals surface area contributed by atoms with E-state index in [0.29, 0.717) is 11.5 Å². The van der Waals surface area contributed by atoms with Gasteiger partial charge in [0.05, 0.1) is 16.6 Å². The number of nitrogens with zero attached hydrogens (tertiary/aromatic N) is 2. The van der Waals surface area contributed by atoms with Crippen molar-refractivity contribution in [3.8, 4) is 5.95 Å². The maximum absolute atomic E-state index is 13.5. The van der Waals surface area contributed by atoms with Crippen LogP contribution in [0.4, 0.5) is 4.39 Å². The van der Waals surface area contributed by atoms with Gasteiger partial charge in [-0.25, -0.2) is 13.9 Å². The quantitative estimate of drug-likeness (QED) is 0.582. The van der Waals surface area contributed by atoms with Crippen LogP contribution in [0.1, 0.15) is 0 Å². The minimum Gasteiger partial charge on any atom is -0.323 e. The first-order valence-electron chi connectivity index (χ1n) is 6.49. The number of hydrogen-bond donors (Lipinski definition) is 1. The maximum atomic E-state index is 13.5. The average molecular weight is 279 g/mol. The van der Waals surface area contributed by atoms with Crippen LogP contribution < -0.4 is 5.56 Å². The third-order valence-corrected chi connectivity index (χ3v) is 3.45. The number of imidazole rings is 1. The Morgan fingerprint density at radius 3 is 2.71 bits per heavy atom. The number of hydrogen-bond acceptors (Lipinski definition) is 2. The van der Waals surface area contributed by atoms with E-state index in [1.54, 1.807) is 12.1 Å². The third-order valence-electron chi connectivity index (χ3n) is 3.45. The summed E-state index contributed by atoms with van der Waals surface area (Å²) in [6, 6.07) is 15.0. The van der Waals surface area contributed by atoms with Crippen LogP contribution in [0.25, 0.3) is 27.9 Å². The third kappa shape index (κ3) is 1.82. The molecule has 2 aromatic carbocycles. The van der Waals surface area contributed by atoms with Gasteiger partial charge in [0.25, 0.3) is 5.56 Å². The summed E-state index contributed by atoms with van der Waals surface area (Å²) in [6.45, 7) is 0. The molecule has 0 spiro atoms. The monoisotopic (exact) mass is 279 g/mol. The Morgan fingerprint density at radius 2 is 1.86 bits per heavy atom. The molecule has 4 aromatic rings. The lowest BCUT2D eigenvalue weighted by atomic mass is 10.2. The number of aromatic nitrogens is 3. The molecule has 2 heterocycles. The zero-order chi connectivity index (χ0) is 14.4. The molecule has 102 valence electrons. The van der Waals surface area contributed by atoms with Gasteiger partial charge in [0.1, 0.15) is 5.82 Å². The molecule has 0 bridgehead atoms. The van der Waals surface area contributed by atoms with Crippen molar-refractivity contribution in [1.29, 1.82) is 0 Å².